The van der Waals surface area contributed by atoms with Gasteiger partial charge >= 0.3 is 0 Å². The molecule has 1 amide bonds. The monoisotopic (exact) mass is 381 g/mol. The van der Waals surface area contributed by atoms with Crippen molar-refractivity contribution in [3.8, 4) is 0 Å². The summed E-state index contributed by atoms with van der Waals surface area (Å²) in [6.45, 7) is 5.78. The van der Waals surface area contributed by atoms with Gasteiger partial charge in [0.2, 0.25) is 0 Å². The van der Waals surface area contributed by atoms with Gasteiger partial charge in [-0.25, -0.2) is 4.98 Å². The van der Waals surface area contributed by atoms with Crippen molar-refractivity contribution in [2.45, 2.75) is 45.4 Å². The Labute approximate surface area is 162 Å². The van der Waals surface area contributed by atoms with Gasteiger partial charge in [-0.15, -0.1) is 0 Å². The molecular formula is C20H32ClN3O2. The third-order valence-corrected chi connectivity index (χ3v) is 5.30. The van der Waals surface area contributed by atoms with Crippen LogP contribution >= 0.6 is 11.6 Å². The molecule has 1 aliphatic heterocycles. The molecule has 2 rings (SSSR count). The van der Waals surface area contributed by atoms with E-state index >= 15 is 0 Å². The van der Waals surface area contributed by atoms with Gasteiger partial charge in [-0.1, -0.05) is 30.9 Å². The Morgan fingerprint density at radius 3 is 2.62 bits per heavy atom. The lowest BCUT2D eigenvalue weighted by atomic mass is 9.91. The Balaban J connectivity index is 1.77. The third kappa shape index (κ3) is 6.13. The molecule has 0 spiro atoms. The van der Waals surface area contributed by atoms with Crippen molar-refractivity contribution in [2.75, 3.05) is 45.3 Å². The molecule has 26 heavy (non-hydrogen) atoms. The van der Waals surface area contributed by atoms with Gasteiger partial charge in [0.05, 0.1) is 5.56 Å². The third-order valence-electron chi connectivity index (χ3n) is 5.01. The van der Waals surface area contributed by atoms with Gasteiger partial charge in [0, 0.05) is 40.4 Å². The molecule has 1 saturated heterocycles. The quantitative estimate of drug-likeness (QED) is 0.474. The second kappa shape index (κ2) is 10.7. The van der Waals surface area contributed by atoms with Crippen molar-refractivity contribution in [1.29, 1.82) is 0 Å². The summed E-state index contributed by atoms with van der Waals surface area (Å²) >= 11 is 6.24. The van der Waals surface area contributed by atoms with Gasteiger partial charge in [0.1, 0.15) is 11.0 Å². The molecule has 1 aliphatic rings. The van der Waals surface area contributed by atoms with Gasteiger partial charge in [-0.2, -0.15) is 0 Å². The average Bonchev–Trinajstić information content (AvgIpc) is 2.64. The fourth-order valence-corrected chi connectivity index (χ4v) is 3.64. The summed E-state index contributed by atoms with van der Waals surface area (Å²) in [5, 5.41) is 0.289. The maximum Gasteiger partial charge on any atom is 0.256 e. The van der Waals surface area contributed by atoms with E-state index in [-0.39, 0.29) is 11.1 Å². The van der Waals surface area contributed by atoms with Crippen LogP contribution in [0.2, 0.25) is 5.15 Å². The molecule has 1 aromatic rings. The lowest BCUT2D eigenvalue weighted by Crippen LogP contribution is -2.34. The molecule has 146 valence electrons. The van der Waals surface area contributed by atoms with E-state index in [1.54, 1.807) is 20.2 Å². The smallest absolute Gasteiger partial charge is 0.256 e. The Bertz CT molecular complexity index is 572. The number of amides is 1. The number of pyridine rings is 1. The van der Waals surface area contributed by atoms with Crippen LogP contribution in [0.3, 0.4) is 0 Å². The molecule has 0 saturated carbocycles. The van der Waals surface area contributed by atoms with Crippen LogP contribution in [-0.4, -0.2) is 56.2 Å². The standard InChI is InChI=1S/C20H32ClN3O2/c1-4-26-15-7-5-6-8-16-11-13-24(14-12-16)18-10-9-17(19(21)22-18)20(25)23(2)3/h9-10,16H,4-8,11-15H2,1-3H3. The summed E-state index contributed by atoms with van der Waals surface area (Å²) in [5.74, 6) is 1.57. The van der Waals surface area contributed by atoms with Crippen LogP contribution in [0, 0.1) is 5.92 Å². The maximum absolute atomic E-state index is 12.1. The lowest BCUT2D eigenvalue weighted by molar-refractivity contribution is 0.0827. The molecule has 0 unspecified atom stereocenters. The predicted octanol–water partition coefficient (Wildman–Crippen LogP) is 4.25. The fraction of sp³-hybridized carbons (Fsp3) is 0.700. The van der Waals surface area contributed by atoms with Gasteiger partial charge in [-0.05, 0) is 44.2 Å². The zero-order valence-electron chi connectivity index (χ0n) is 16.3. The Kier molecular flexibility index (Phi) is 8.66. The average molecular weight is 382 g/mol. The van der Waals surface area contributed by atoms with E-state index in [0.29, 0.717) is 5.56 Å². The first-order valence-electron chi connectivity index (χ1n) is 9.73. The minimum atomic E-state index is -0.114. The highest BCUT2D eigenvalue weighted by atomic mass is 35.5. The number of anilines is 1. The fourth-order valence-electron chi connectivity index (χ4n) is 3.41. The van der Waals surface area contributed by atoms with Crippen molar-refractivity contribution in [1.82, 2.24) is 9.88 Å². The van der Waals surface area contributed by atoms with E-state index in [0.717, 1.165) is 38.0 Å². The molecule has 0 N–H and O–H groups in total. The molecule has 0 atom stereocenters. The molecule has 0 aromatic carbocycles. The molecule has 1 fully saturated rings. The van der Waals surface area contributed by atoms with Crippen LogP contribution in [0.15, 0.2) is 12.1 Å². The van der Waals surface area contributed by atoms with Crippen LogP contribution in [0.4, 0.5) is 5.82 Å². The first-order chi connectivity index (χ1) is 12.5. The van der Waals surface area contributed by atoms with Crippen molar-refractivity contribution >= 4 is 23.3 Å². The second-order valence-corrected chi connectivity index (χ2v) is 7.54. The van der Waals surface area contributed by atoms with E-state index in [9.17, 15) is 4.79 Å². The number of halogens is 1. The predicted molar refractivity (Wildman–Crippen MR) is 107 cm³/mol. The number of unbranched alkanes of at least 4 members (excludes halogenated alkanes) is 2. The summed E-state index contributed by atoms with van der Waals surface area (Å²) in [7, 11) is 3.43. The molecule has 5 nitrogen and oxygen atoms in total. The van der Waals surface area contributed by atoms with Crippen molar-refractivity contribution in [3.63, 3.8) is 0 Å². The maximum atomic E-state index is 12.1. The van der Waals surface area contributed by atoms with E-state index in [4.69, 9.17) is 16.3 Å². The SMILES string of the molecule is CCOCCCCCC1CCN(c2ccc(C(=O)N(C)C)c(Cl)n2)CC1. The molecule has 0 aliphatic carbocycles. The highest BCUT2D eigenvalue weighted by Gasteiger charge is 2.21. The molecule has 0 radical (unpaired) electrons. The highest BCUT2D eigenvalue weighted by molar-refractivity contribution is 6.32. The normalized spacial score (nSPS) is 15.3. The van der Waals surface area contributed by atoms with E-state index in [2.05, 4.69) is 9.88 Å². The molecule has 6 heteroatoms. The van der Waals surface area contributed by atoms with Gasteiger partial charge < -0.3 is 14.5 Å². The van der Waals surface area contributed by atoms with Crippen molar-refractivity contribution in [2.24, 2.45) is 5.92 Å². The largest absolute Gasteiger partial charge is 0.382 e. The van der Waals surface area contributed by atoms with E-state index in [1.165, 1.54) is 43.4 Å². The minimum absolute atomic E-state index is 0.114. The van der Waals surface area contributed by atoms with Crippen molar-refractivity contribution < 1.29 is 9.53 Å². The lowest BCUT2D eigenvalue weighted by Gasteiger charge is -2.33. The van der Waals surface area contributed by atoms with Crippen LogP contribution in [0.25, 0.3) is 0 Å². The number of piperidine rings is 1. The van der Waals surface area contributed by atoms with Crippen LogP contribution in [0.1, 0.15) is 55.8 Å². The van der Waals surface area contributed by atoms with Gasteiger partial charge in [0.25, 0.3) is 5.91 Å². The van der Waals surface area contributed by atoms with E-state index < -0.39 is 0 Å². The number of hydrogen-bond donors (Lipinski definition) is 0. The Hall–Kier alpha value is -1.33. The molecular weight excluding hydrogens is 350 g/mol. The number of ether oxygens (including phenoxy) is 1. The molecule has 1 aromatic heterocycles. The first kappa shape index (κ1) is 21.0. The number of hydrogen-bond acceptors (Lipinski definition) is 4. The van der Waals surface area contributed by atoms with Crippen LogP contribution in [-0.2, 0) is 4.74 Å². The minimum Gasteiger partial charge on any atom is -0.382 e. The Morgan fingerprint density at radius 2 is 2.00 bits per heavy atom. The zero-order valence-corrected chi connectivity index (χ0v) is 17.1. The van der Waals surface area contributed by atoms with E-state index in [1.807, 2.05) is 13.0 Å². The summed E-state index contributed by atoms with van der Waals surface area (Å²) in [6.07, 6.45) is 7.44. The van der Waals surface area contributed by atoms with Crippen LogP contribution < -0.4 is 4.90 Å². The summed E-state index contributed by atoms with van der Waals surface area (Å²) in [6, 6.07) is 3.70. The van der Waals surface area contributed by atoms with Crippen LogP contribution in [0.5, 0.6) is 0 Å². The number of carbonyl (C=O) groups excluding carboxylic acids is 1. The highest BCUT2D eigenvalue weighted by Crippen LogP contribution is 2.27. The zero-order chi connectivity index (χ0) is 18.9. The van der Waals surface area contributed by atoms with Gasteiger partial charge in [-0.3, -0.25) is 4.79 Å². The molecule has 0 bridgehead atoms. The number of nitrogens with zero attached hydrogens (tertiary/aromatic N) is 3. The molecule has 2 heterocycles. The number of aromatic nitrogens is 1. The van der Waals surface area contributed by atoms with Gasteiger partial charge in [0.15, 0.2) is 0 Å². The summed E-state index contributed by atoms with van der Waals surface area (Å²) < 4.78 is 5.39. The number of rotatable bonds is 9. The topological polar surface area (TPSA) is 45.7 Å². The Morgan fingerprint density at radius 1 is 1.27 bits per heavy atom. The number of carbonyl (C=O) groups is 1. The van der Waals surface area contributed by atoms with Crippen molar-refractivity contribution in [3.05, 3.63) is 22.8 Å². The summed E-state index contributed by atoms with van der Waals surface area (Å²) in [4.78, 5) is 20.3. The summed E-state index contributed by atoms with van der Waals surface area (Å²) in [5.41, 5.74) is 0.461. The second-order valence-electron chi connectivity index (χ2n) is 7.18. The first-order valence-corrected chi connectivity index (χ1v) is 10.1.